The molecule has 1 aliphatic heterocycles. The van der Waals surface area contributed by atoms with E-state index in [1.807, 2.05) is 43.5 Å². The third-order valence-corrected chi connectivity index (χ3v) is 7.36. The van der Waals surface area contributed by atoms with Crippen LogP contribution in [0.4, 0.5) is 5.82 Å². The molecule has 1 aromatic carbocycles. The number of carbonyl (C=O) groups excluding carboxylic acids is 1. The van der Waals surface area contributed by atoms with Crippen LogP contribution in [0, 0.1) is 6.92 Å². The highest BCUT2D eigenvalue weighted by Gasteiger charge is 2.25. The second-order valence-electron chi connectivity index (χ2n) is 8.53. The number of anilines is 1. The maximum Gasteiger partial charge on any atom is 0.326 e. The quantitative estimate of drug-likeness (QED) is 0.307. The van der Waals surface area contributed by atoms with Gasteiger partial charge in [-0.1, -0.05) is 18.2 Å². The first-order valence-corrected chi connectivity index (χ1v) is 12.0. The molecule has 34 heavy (non-hydrogen) atoms. The van der Waals surface area contributed by atoms with Crippen molar-refractivity contribution in [2.24, 2.45) is 0 Å². The maximum absolute atomic E-state index is 12.8. The highest BCUT2D eigenvalue weighted by Crippen LogP contribution is 2.33. The molecule has 0 spiro atoms. The largest absolute Gasteiger partial charge is 0.480 e. The predicted octanol–water partition coefficient (Wildman–Crippen LogP) is 3.90. The molecule has 8 nitrogen and oxygen atoms in total. The number of benzene rings is 1. The first kappa shape index (κ1) is 22.1. The van der Waals surface area contributed by atoms with Crippen molar-refractivity contribution in [3.05, 3.63) is 75.5 Å². The van der Waals surface area contributed by atoms with Crippen LogP contribution in [-0.2, 0) is 17.6 Å². The number of rotatable bonds is 8. The van der Waals surface area contributed by atoms with Crippen LogP contribution in [0.3, 0.4) is 0 Å². The van der Waals surface area contributed by atoms with Crippen LogP contribution in [-0.4, -0.2) is 44.5 Å². The Bertz CT molecular complexity index is 1360. The molecular weight excluding hydrogens is 450 g/mol. The molecule has 2 unspecified atom stereocenters. The number of carboxylic acid groups (broad SMARTS) is 1. The van der Waals surface area contributed by atoms with Crippen molar-refractivity contribution >= 4 is 39.9 Å². The van der Waals surface area contributed by atoms with Gasteiger partial charge in [0.25, 0.3) is 5.91 Å². The molecule has 9 heteroatoms. The van der Waals surface area contributed by atoms with E-state index in [-0.39, 0.29) is 12.3 Å². The first-order valence-electron chi connectivity index (χ1n) is 11.2. The molecule has 1 amide bonds. The van der Waals surface area contributed by atoms with Gasteiger partial charge in [0.15, 0.2) is 0 Å². The van der Waals surface area contributed by atoms with Crippen LogP contribution in [0.1, 0.15) is 43.8 Å². The zero-order valence-corrected chi connectivity index (χ0v) is 19.5. The molecule has 0 bridgehead atoms. The van der Waals surface area contributed by atoms with Crippen LogP contribution in [0.5, 0.6) is 0 Å². The minimum Gasteiger partial charge on any atom is -0.480 e. The molecule has 5 rings (SSSR count). The van der Waals surface area contributed by atoms with E-state index in [4.69, 9.17) is 0 Å². The number of fused-ring (bicyclic) bond motifs is 2. The summed E-state index contributed by atoms with van der Waals surface area (Å²) in [7, 11) is 0. The average Bonchev–Trinajstić information content (AvgIpc) is 3.55. The van der Waals surface area contributed by atoms with E-state index >= 15 is 0 Å². The van der Waals surface area contributed by atoms with Gasteiger partial charge in [0.2, 0.25) is 0 Å². The van der Waals surface area contributed by atoms with Crippen LogP contribution < -0.4 is 10.6 Å². The van der Waals surface area contributed by atoms with Gasteiger partial charge in [0.05, 0.1) is 4.88 Å². The van der Waals surface area contributed by atoms with Crippen LogP contribution >= 0.6 is 11.3 Å². The number of aliphatic carboxylic acids is 1. The van der Waals surface area contributed by atoms with Gasteiger partial charge in [0.1, 0.15) is 17.7 Å². The fourth-order valence-electron chi connectivity index (χ4n) is 4.41. The summed E-state index contributed by atoms with van der Waals surface area (Å²) in [5.41, 5.74) is 2.94. The molecule has 0 radical (unpaired) electrons. The number of hydrogen-bond donors (Lipinski definition) is 4. The summed E-state index contributed by atoms with van der Waals surface area (Å²) in [6, 6.07) is 10.4. The number of amides is 1. The fourth-order valence-corrected chi connectivity index (χ4v) is 5.33. The lowest BCUT2D eigenvalue weighted by molar-refractivity contribution is -0.139. The van der Waals surface area contributed by atoms with Gasteiger partial charge < -0.3 is 20.7 Å². The van der Waals surface area contributed by atoms with E-state index in [1.54, 1.807) is 12.3 Å². The summed E-state index contributed by atoms with van der Waals surface area (Å²) in [4.78, 5) is 38.2. The van der Waals surface area contributed by atoms with Crippen LogP contribution in [0.2, 0.25) is 0 Å². The second-order valence-corrected chi connectivity index (χ2v) is 9.70. The zero-order valence-electron chi connectivity index (χ0n) is 18.7. The Labute approximate surface area is 200 Å². The third kappa shape index (κ3) is 4.51. The Morgan fingerprint density at radius 1 is 1.26 bits per heavy atom. The summed E-state index contributed by atoms with van der Waals surface area (Å²) in [5, 5.41) is 16.7. The normalized spacial score (nSPS) is 15.6. The van der Waals surface area contributed by atoms with Crippen LogP contribution in [0.15, 0.2) is 48.8 Å². The van der Waals surface area contributed by atoms with Crippen molar-refractivity contribution in [3.8, 4) is 0 Å². The number of carboxylic acids is 1. The van der Waals surface area contributed by atoms with E-state index in [1.165, 1.54) is 11.3 Å². The molecular formula is C25H25N5O3S. The summed E-state index contributed by atoms with van der Waals surface area (Å²) < 4.78 is 0. The van der Waals surface area contributed by atoms with Crippen molar-refractivity contribution in [1.29, 1.82) is 0 Å². The van der Waals surface area contributed by atoms with Crippen molar-refractivity contribution in [1.82, 2.24) is 20.3 Å². The van der Waals surface area contributed by atoms with E-state index in [9.17, 15) is 14.7 Å². The molecule has 4 heterocycles. The standard InChI is InChI=1S/C25H25N5O3S/c1-14-26-13-19-15(11-28-23(19)29-14)6-7-17-8-9-22(34-17)24(31)30-21(25(32)33)10-16-12-27-20-5-3-2-4-18(16)20/h2-5,8-9,12-13,15,21,27H,6-7,10-11H2,1H3,(H,30,31)(H,32,33)(H,26,28,29). The number of nitrogens with one attached hydrogen (secondary N) is 3. The summed E-state index contributed by atoms with van der Waals surface area (Å²) in [6.45, 7) is 2.71. The maximum atomic E-state index is 12.8. The van der Waals surface area contributed by atoms with E-state index in [0.717, 1.165) is 57.9 Å². The molecule has 0 saturated heterocycles. The summed E-state index contributed by atoms with van der Waals surface area (Å²) in [6.07, 6.45) is 5.66. The number of thiophene rings is 1. The lowest BCUT2D eigenvalue weighted by Gasteiger charge is -2.13. The third-order valence-electron chi connectivity index (χ3n) is 6.22. The molecule has 3 aromatic heterocycles. The lowest BCUT2D eigenvalue weighted by Crippen LogP contribution is -2.42. The smallest absolute Gasteiger partial charge is 0.326 e. The van der Waals surface area contributed by atoms with Gasteiger partial charge in [-0.2, -0.15) is 0 Å². The predicted molar refractivity (Wildman–Crippen MR) is 132 cm³/mol. The summed E-state index contributed by atoms with van der Waals surface area (Å²) >= 11 is 1.41. The minimum atomic E-state index is -1.06. The SMILES string of the molecule is Cc1ncc2c(n1)NCC2CCc1ccc(C(=O)NC(Cc2c[nH]c3ccccc23)C(=O)O)s1. The van der Waals surface area contributed by atoms with Gasteiger partial charge in [-0.05, 0) is 43.5 Å². The number of aromatic nitrogens is 3. The Morgan fingerprint density at radius 2 is 2.12 bits per heavy atom. The Kier molecular flexibility index (Phi) is 6.02. The van der Waals surface area contributed by atoms with Crippen molar-refractivity contribution < 1.29 is 14.7 Å². The van der Waals surface area contributed by atoms with Gasteiger partial charge in [-0.3, -0.25) is 4.79 Å². The van der Waals surface area contributed by atoms with E-state index in [2.05, 4.69) is 25.6 Å². The monoisotopic (exact) mass is 475 g/mol. The van der Waals surface area contributed by atoms with Gasteiger partial charge in [0, 0.05) is 52.6 Å². The Morgan fingerprint density at radius 3 is 2.97 bits per heavy atom. The van der Waals surface area contributed by atoms with E-state index < -0.39 is 12.0 Å². The zero-order chi connectivity index (χ0) is 23.7. The molecule has 1 aliphatic rings. The Hall–Kier alpha value is -3.72. The number of carbonyl (C=O) groups is 2. The first-order chi connectivity index (χ1) is 16.5. The molecule has 174 valence electrons. The average molecular weight is 476 g/mol. The number of hydrogen-bond acceptors (Lipinski definition) is 6. The van der Waals surface area contributed by atoms with Crippen molar-refractivity contribution in [2.75, 3.05) is 11.9 Å². The van der Waals surface area contributed by atoms with Gasteiger partial charge >= 0.3 is 5.97 Å². The highest BCUT2D eigenvalue weighted by atomic mass is 32.1. The summed E-state index contributed by atoms with van der Waals surface area (Å²) in [5.74, 6) is 0.590. The number of para-hydroxylation sites is 1. The van der Waals surface area contributed by atoms with Gasteiger partial charge in [-0.25, -0.2) is 14.8 Å². The molecule has 2 atom stereocenters. The molecule has 4 aromatic rings. The highest BCUT2D eigenvalue weighted by molar-refractivity contribution is 7.14. The number of aromatic amines is 1. The van der Waals surface area contributed by atoms with Gasteiger partial charge in [-0.15, -0.1) is 11.3 Å². The Balaban J connectivity index is 1.21. The van der Waals surface area contributed by atoms with Crippen LogP contribution in [0.25, 0.3) is 10.9 Å². The number of aryl methyl sites for hydroxylation is 2. The second kappa shape index (κ2) is 9.26. The minimum absolute atomic E-state index is 0.207. The topological polar surface area (TPSA) is 120 Å². The lowest BCUT2D eigenvalue weighted by atomic mass is 9.98. The molecule has 0 fully saturated rings. The fraction of sp³-hybridized carbons (Fsp3) is 0.280. The molecule has 0 saturated carbocycles. The van der Waals surface area contributed by atoms with Crippen molar-refractivity contribution in [2.45, 2.75) is 38.1 Å². The van der Waals surface area contributed by atoms with Crippen molar-refractivity contribution in [3.63, 3.8) is 0 Å². The molecule has 0 aliphatic carbocycles. The molecule has 4 N–H and O–H groups in total. The number of nitrogens with zero attached hydrogens (tertiary/aromatic N) is 2. The van der Waals surface area contributed by atoms with E-state index in [0.29, 0.717) is 10.8 Å². The number of H-pyrrole nitrogens is 1.